The van der Waals surface area contributed by atoms with Crippen molar-refractivity contribution in [2.45, 2.75) is 56.6 Å². The number of aliphatic hydroxyl groups is 1. The summed E-state index contributed by atoms with van der Waals surface area (Å²) in [5.74, 6) is 2.76. The zero-order chi connectivity index (χ0) is 22.7. The molecule has 1 saturated carbocycles. The molecule has 0 radical (unpaired) electrons. The number of hydrogen-bond acceptors (Lipinski definition) is 5. The predicted molar refractivity (Wildman–Crippen MR) is 127 cm³/mol. The second-order valence-corrected chi connectivity index (χ2v) is 9.44. The highest BCUT2D eigenvalue weighted by atomic mass is 16.3. The summed E-state index contributed by atoms with van der Waals surface area (Å²) in [6.45, 7) is 4.96. The Hall–Kier alpha value is -2.88. The number of rotatable bonds is 5. The van der Waals surface area contributed by atoms with Crippen molar-refractivity contribution in [1.29, 1.82) is 0 Å². The van der Waals surface area contributed by atoms with E-state index in [9.17, 15) is 9.90 Å². The fourth-order valence-corrected chi connectivity index (χ4v) is 4.92. The maximum Gasteiger partial charge on any atom is 0.255 e. The minimum Gasteiger partial charge on any atom is -0.393 e. The first kappa shape index (κ1) is 22.3. The highest BCUT2D eigenvalue weighted by Gasteiger charge is 2.34. The lowest BCUT2D eigenvalue weighted by molar-refractivity contribution is 0.0868. The van der Waals surface area contributed by atoms with Crippen LogP contribution in [0.25, 0.3) is 11.1 Å². The Kier molecular flexibility index (Phi) is 6.50. The van der Waals surface area contributed by atoms with Gasteiger partial charge in [0.15, 0.2) is 0 Å². The number of pyridine rings is 1. The van der Waals surface area contributed by atoms with E-state index in [-0.39, 0.29) is 29.3 Å². The predicted octanol–water partition coefficient (Wildman–Crippen LogP) is 2.96. The normalized spacial score (nSPS) is 25.9. The van der Waals surface area contributed by atoms with Gasteiger partial charge >= 0.3 is 0 Å². The fourth-order valence-electron chi connectivity index (χ4n) is 4.92. The Balaban J connectivity index is 1.48. The first-order valence-corrected chi connectivity index (χ1v) is 11.4. The van der Waals surface area contributed by atoms with Crippen molar-refractivity contribution in [3.8, 4) is 23.5 Å². The van der Waals surface area contributed by atoms with Gasteiger partial charge in [-0.25, -0.2) is 4.98 Å². The second-order valence-electron chi connectivity index (χ2n) is 9.44. The Labute approximate surface area is 190 Å². The van der Waals surface area contributed by atoms with Gasteiger partial charge in [-0.1, -0.05) is 37.1 Å². The molecule has 2 aromatic rings. The van der Waals surface area contributed by atoms with Crippen LogP contribution in [0.5, 0.6) is 0 Å². The number of nitrogens with one attached hydrogen (secondary N) is 1. The number of anilines is 1. The molecule has 2 heterocycles. The molecule has 1 atom stereocenters. The summed E-state index contributed by atoms with van der Waals surface area (Å²) in [4.78, 5) is 19.4. The van der Waals surface area contributed by atoms with Crippen molar-refractivity contribution >= 4 is 11.7 Å². The van der Waals surface area contributed by atoms with Gasteiger partial charge in [0.2, 0.25) is 0 Å². The summed E-state index contributed by atoms with van der Waals surface area (Å²) in [6.07, 6.45) is 11.0. The average molecular weight is 433 g/mol. The van der Waals surface area contributed by atoms with Crippen molar-refractivity contribution < 1.29 is 9.90 Å². The molecule has 0 spiro atoms. The molecule has 2 aliphatic rings. The van der Waals surface area contributed by atoms with Crippen LogP contribution in [0.1, 0.15) is 54.9 Å². The quantitative estimate of drug-likeness (QED) is 0.632. The topological polar surface area (TPSA) is 91.5 Å². The molecule has 1 aliphatic carbocycles. The molecule has 2 fully saturated rings. The van der Waals surface area contributed by atoms with E-state index in [2.05, 4.69) is 52.3 Å². The number of nitrogen functional groups attached to an aromatic ring is 1. The molecule has 6 heteroatoms. The molecule has 0 unspecified atom stereocenters. The number of nitrogens with two attached hydrogens (primary N) is 1. The zero-order valence-electron chi connectivity index (χ0n) is 18.7. The third-order valence-electron chi connectivity index (χ3n) is 6.98. The number of terminal acetylenes is 1. The second kappa shape index (κ2) is 9.32. The Morgan fingerprint density at radius 3 is 2.69 bits per heavy atom. The van der Waals surface area contributed by atoms with Gasteiger partial charge in [0.05, 0.1) is 18.2 Å². The van der Waals surface area contributed by atoms with E-state index in [1.165, 1.54) is 5.56 Å². The standard InChI is InChI=1S/C26H32N4O2/c1-3-13-30-14-12-26(2,17-30)20-6-4-18(5-7-20)19-15-23(24(27)28-16-19)25(32)29-21-8-10-22(31)11-9-21/h1,4-7,15-16,21-22,31H,8-14,17H2,2H3,(H2,27,28)(H,29,32)/t21?,22?,26-/m0/s1. The molecule has 4 rings (SSSR count). The Morgan fingerprint density at radius 2 is 2.00 bits per heavy atom. The van der Waals surface area contributed by atoms with E-state index < -0.39 is 0 Å². The monoisotopic (exact) mass is 432 g/mol. The number of aromatic nitrogens is 1. The summed E-state index contributed by atoms with van der Waals surface area (Å²) in [6, 6.07) is 10.4. The van der Waals surface area contributed by atoms with Gasteiger partial charge in [0.25, 0.3) is 5.91 Å². The minimum atomic E-state index is -0.256. The fraction of sp³-hybridized carbons (Fsp3) is 0.462. The molecule has 168 valence electrons. The highest BCUT2D eigenvalue weighted by Crippen LogP contribution is 2.35. The number of hydrogen-bond donors (Lipinski definition) is 3. The van der Waals surface area contributed by atoms with Gasteiger partial charge in [-0.05, 0) is 55.8 Å². The van der Waals surface area contributed by atoms with Gasteiger partial charge < -0.3 is 16.2 Å². The highest BCUT2D eigenvalue weighted by molar-refractivity contribution is 5.99. The number of carbonyl (C=O) groups excluding carboxylic acids is 1. The summed E-state index contributed by atoms with van der Waals surface area (Å²) < 4.78 is 0. The third kappa shape index (κ3) is 4.79. The van der Waals surface area contributed by atoms with Gasteiger partial charge in [-0.3, -0.25) is 9.69 Å². The van der Waals surface area contributed by atoms with Crippen molar-refractivity contribution in [2.75, 3.05) is 25.4 Å². The number of benzene rings is 1. The van der Waals surface area contributed by atoms with Crippen LogP contribution in [-0.4, -0.2) is 52.7 Å². The van der Waals surface area contributed by atoms with Crippen molar-refractivity contribution in [3.63, 3.8) is 0 Å². The summed E-state index contributed by atoms with van der Waals surface area (Å²) in [5.41, 5.74) is 9.66. The van der Waals surface area contributed by atoms with Crippen LogP contribution in [0.2, 0.25) is 0 Å². The van der Waals surface area contributed by atoms with Gasteiger partial charge in [-0.15, -0.1) is 6.42 Å². The lowest BCUT2D eigenvalue weighted by Crippen LogP contribution is -2.38. The number of nitrogens with zero attached hydrogens (tertiary/aromatic N) is 2. The first-order valence-electron chi connectivity index (χ1n) is 11.4. The van der Waals surface area contributed by atoms with Crippen LogP contribution in [0.15, 0.2) is 36.5 Å². The van der Waals surface area contributed by atoms with E-state index in [1.807, 2.05) is 6.07 Å². The molecule has 1 saturated heterocycles. The SMILES string of the molecule is C#CCN1CC[C@](C)(c2ccc(-c3cnc(N)c(C(=O)NC4CCC(O)CC4)c3)cc2)C1. The van der Waals surface area contributed by atoms with E-state index >= 15 is 0 Å². The molecule has 32 heavy (non-hydrogen) atoms. The van der Waals surface area contributed by atoms with Crippen molar-refractivity contribution in [2.24, 2.45) is 0 Å². The maximum absolute atomic E-state index is 12.8. The van der Waals surface area contributed by atoms with E-state index in [0.29, 0.717) is 24.9 Å². The van der Waals surface area contributed by atoms with Crippen LogP contribution in [-0.2, 0) is 5.41 Å². The van der Waals surface area contributed by atoms with E-state index in [4.69, 9.17) is 12.2 Å². The van der Waals surface area contributed by atoms with E-state index in [0.717, 1.165) is 43.5 Å². The lowest BCUT2D eigenvalue weighted by Gasteiger charge is -2.26. The summed E-state index contributed by atoms with van der Waals surface area (Å²) in [5, 5.41) is 12.7. The molecular weight excluding hydrogens is 400 g/mol. The molecular formula is C26H32N4O2. The molecule has 4 N–H and O–H groups in total. The first-order chi connectivity index (χ1) is 15.4. The molecule has 1 aromatic heterocycles. The maximum atomic E-state index is 12.8. The van der Waals surface area contributed by atoms with E-state index in [1.54, 1.807) is 6.20 Å². The minimum absolute atomic E-state index is 0.0643. The molecule has 1 amide bonds. The van der Waals surface area contributed by atoms with Crippen molar-refractivity contribution in [1.82, 2.24) is 15.2 Å². The molecule has 1 aromatic carbocycles. The smallest absolute Gasteiger partial charge is 0.255 e. The summed E-state index contributed by atoms with van der Waals surface area (Å²) >= 11 is 0. The number of aliphatic hydroxyl groups excluding tert-OH is 1. The van der Waals surface area contributed by atoms with Crippen LogP contribution < -0.4 is 11.1 Å². The number of carbonyl (C=O) groups is 1. The van der Waals surface area contributed by atoms with Crippen LogP contribution in [0.4, 0.5) is 5.82 Å². The summed E-state index contributed by atoms with van der Waals surface area (Å²) in [7, 11) is 0. The number of likely N-dealkylation sites (tertiary alicyclic amines) is 1. The van der Waals surface area contributed by atoms with Crippen LogP contribution in [0.3, 0.4) is 0 Å². The van der Waals surface area contributed by atoms with Crippen LogP contribution >= 0.6 is 0 Å². The Bertz CT molecular complexity index is 1010. The lowest BCUT2D eigenvalue weighted by atomic mass is 9.81. The number of amides is 1. The largest absolute Gasteiger partial charge is 0.393 e. The van der Waals surface area contributed by atoms with Crippen molar-refractivity contribution in [3.05, 3.63) is 47.7 Å². The molecule has 0 bridgehead atoms. The zero-order valence-corrected chi connectivity index (χ0v) is 18.7. The molecule has 6 nitrogen and oxygen atoms in total. The Morgan fingerprint density at radius 1 is 1.28 bits per heavy atom. The van der Waals surface area contributed by atoms with Gasteiger partial charge in [0, 0.05) is 29.8 Å². The average Bonchev–Trinajstić information content (AvgIpc) is 3.18. The van der Waals surface area contributed by atoms with Gasteiger partial charge in [0.1, 0.15) is 5.82 Å². The molecule has 1 aliphatic heterocycles. The van der Waals surface area contributed by atoms with Crippen LogP contribution in [0, 0.1) is 12.3 Å². The van der Waals surface area contributed by atoms with Gasteiger partial charge in [-0.2, -0.15) is 0 Å². The third-order valence-corrected chi connectivity index (χ3v) is 6.98.